The average molecular weight is 318 g/mol. The first-order chi connectivity index (χ1) is 10.1. The summed E-state index contributed by atoms with van der Waals surface area (Å²) in [7, 11) is 0. The first-order valence-corrected chi connectivity index (χ1v) is 7.30. The molecule has 2 N–H and O–H groups in total. The van der Waals surface area contributed by atoms with E-state index in [0.717, 1.165) is 22.2 Å². The molecule has 0 saturated heterocycles. The first kappa shape index (κ1) is 14.3. The van der Waals surface area contributed by atoms with Crippen molar-refractivity contribution in [2.45, 2.75) is 12.5 Å². The lowest BCUT2D eigenvalue weighted by atomic mass is 9.98. The monoisotopic (exact) mass is 317 g/mol. The van der Waals surface area contributed by atoms with Gasteiger partial charge in [-0.05, 0) is 35.7 Å². The van der Waals surface area contributed by atoms with Crippen molar-refractivity contribution in [1.82, 2.24) is 9.97 Å². The highest BCUT2D eigenvalue weighted by atomic mass is 35.5. The highest BCUT2D eigenvalue weighted by molar-refractivity contribution is 6.42. The fourth-order valence-corrected chi connectivity index (χ4v) is 2.67. The predicted octanol–water partition coefficient (Wildman–Crippen LogP) is 4.18. The molecule has 0 aliphatic rings. The number of hydrogen-bond donors (Lipinski definition) is 1. The molecule has 3 aromatic rings. The Hall–Kier alpha value is -1.68. The molecule has 5 heteroatoms. The van der Waals surface area contributed by atoms with Gasteiger partial charge in [-0.3, -0.25) is 9.97 Å². The molecule has 0 aliphatic heterocycles. The summed E-state index contributed by atoms with van der Waals surface area (Å²) in [4.78, 5) is 8.69. The maximum atomic E-state index is 6.34. The summed E-state index contributed by atoms with van der Waals surface area (Å²) in [6.07, 6.45) is 4.01. The summed E-state index contributed by atoms with van der Waals surface area (Å²) in [5, 5.41) is 1.09. The molecule has 1 aromatic heterocycles. The zero-order chi connectivity index (χ0) is 14.8. The lowest BCUT2D eigenvalue weighted by Crippen LogP contribution is -2.14. The number of benzene rings is 2. The standard InChI is InChI=1S/C16H13Cl2N3/c17-12-5-4-10(8-13(12)18)9-14(19)11-2-1-3-15-16(11)21-7-6-20-15/h1-8,14H,9,19H2. The summed E-state index contributed by atoms with van der Waals surface area (Å²) in [5.41, 5.74) is 10.0. The molecule has 106 valence electrons. The lowest BCUT2D eigenvalue weighted by Gasteiger charge is -2.14. The van der Waals surface area contributed by atoms with Gasteiger partial charge in [-0.1, -0.05) is 41.4 Å². The smallest absolute Gasteiger partial charge is 0.0934 e. The Morgan fingerprint density at radius 3 is 2.62 bits per heavy atom. The SMILES string of the molecule is NC(Cc1ccc(Cl)c(Cl)c1)c1cccc2nccnc12. The molecule has 0 spiro atoms. The van der Waals surface area contributed by atoms with Gasteiger partial charge in [-0.2, -0.15) is 0 Å². The van der Waals surface area contributed by atoms with Gasteiger partial charge in [0.1, 0.15) is 0 Å². The van der Waals surface area contributed by atoms with Gasteiger partial charge >= 0.3 is 0 Å². The maximum Gasteiger partial charge on any atom is 0.0934 e. The van der Waals surface area contributed by atoms with Crippen molar-refractivity contribution in [2.24, 2.45) is 5.73 Å². The maximum absolute atomic E-state index is 6.34. The van der Waals surface area contributed by atoms with Crippen LogP contribution in [-0.4, -0.2) is 9.97 Å². The van der Waals surface area contributed by atoms with E-state index in [1.165, 1.54) is 0 Å². The van der Waals surface area contributed by atoms with E-state index in [2.05, 4.69) is 9.97 Å². The highest BCUT2D eigenvalue weighted by Gasteiger charge is 2.12. The number of aromatic nitrogens is 2. The van der Waals surface area contributed by atoms with Gasteiger partial charge in [0.15, 0.2) is 0 Å². The Balaban J connectivity index is 1.93. The van der Waals surface area contributed by atoms with Gasteiger partial charge in [0.05, 0.1) is 21.1 Å². The molecular formula is C16H13Cl2N3. The van der Waals surface area contributed by atoms with E-state index in [1.54, 1.807) is 18.5 Å². The van der Waals surface area contributed by atoms with Crippen LogP contribution >= 0.6 is 23.2 Å². The number of nitrogens with two attached hydrogens (primary N) is 1. The minimum Gasteiger partial charge on any atom is -0.324 e. The van der Waals surface area contributed by atoms with E-state index in [1.807, 2.05) is 30.3 Å². The van der Waals surface area contributed by atoms with Crippen molar-refractivity contribution in [3.8, 4) is 0 Å². The van der Waals surface area contributed by atoms with E-state index in [9.17, 15) is 0 Å². The minimum atomic E-state index is -0.178. The molecule has 3 rings (SSSR count). The topological polar surface area (TPSA) is 51.8 Å². The van der Waals surface area contributed by atoms with E-state index in [-0.39, 0.29) is 6.04 Å². The molecule has 1 atom stereocenters. The second kappa shape index (κ2) is 5.98. The van der Waals surface area contributed by atoms with Crippen LogP contribution in [0.25, 0.3) is 11.0 Å². The lowest BCUT2D eigenvalue weighted by molar-refractivity contribution is 0.726. The summed E-state index contributed by atoms with van der Waals surface area (Å²) in [5.74, 6) is 0. The molecule has 0 fully saturated rings. The molecule has 1 heterocycles. The summed E-state index contributed by atoms with van der Waals surface area (Å²) >= 11 is 12.0. The van der Waals surface area contributed by atoms with Crippen LogP contribution in [0.2, 0.25) is 10.0 Å². The van der Waals surface area contributed by atoms with Gasteiger partial charge in [0.2, 0.25) is 0 Å². The second-order valence-corrected chi connectivity index (χ2v) is 5.64. The molecule has 3 nitrogen and oxygen atoms in total. The van der Waals surface area contributed by atoms with Crippen molar-refractivity contribution >= 4 is 34.2 Å². The number of fused-ring (bicyclic) bond motifs is 1. The van der Waals surface area contributed by atoms with Gasteiger partial charge in [0.25, 0.3) is 0 Å². The number of rotatable bonds is 3. The third-order valence-corrected chi connectivity index (χ3v) is 4.11. The Morgan fingerprint density at radius 1 is 1.00 bits per heavy atom. The highest BCUT2D eigenvalue weighted by Crippen LogP contribution is 2.26. The van der Waals surface area contributed by atoms with E-state index < -0.39 is 0 Å². The molecule has 0 radical (unpaired) electrons. The Labute approximate surface area is 132 Å². The van der Waals surface area contributed by atoms with Crippen LogP contribution in [0.1, 0.15) is 17.2 Å². The summed E-state index contributed by atoms with van der Waals surface area (Å²) < 4.78 is 0. The molecule has 1 unspecified atom stereocenters. The normalized spacial score (nSPS) is 12.5. The fraction of sp³-hybridized carbons (Fsp3) is 0.125. The predicted molar refractivity (Wildman–Crippen MR) is 86.6 cm³/mol. The number of halogens is 2. The van der Waals surface area contributed by atoms with Crippen molar-refractivity contribution in [3.63, 3.8) is 0 Å². The van der Waals surface area contributed by atoms with Crippen LogP contribution in [0.15, 0.2) is 48.8 Å². The van der Waals surface area contributed by atoms with E-state index >= 15 is 0 Å². The van der Waals surface area contributed by atoms with Crippen LogP contribution < -0.4 is 5.73 Å². The minimum absolute atomic E-state index is 0.178. The summed E-state index contributed by atoms with van der Waals surface area (Å²) in [6, 6.07) is 11.3. The first-order valence-electron chi connectivity index (χ1n) is 6.54. The van der Waals surface area contributed by atoms with Crippen LogP contribution in [-0.2, 0) is 6.42 Å². The molecule has 0 amide bonds. The van der Waals surface area contributed by atoms with Crippen LogP contribution in [0.5, 0.6) is 0 Å². The van der Waals surface area contributed by atoms with Crippen LogP contribution in [0, 0.1) is 0 Å². The van der Waals surface area contributed by atoms with Gasteiger partial charge < -0.3 is 5.73 Å². The molecule has 0 aliphatic carbocycles. The Bertz CT molecular complexity index is 784. The summed E-state index contributed by atoms with van der Waals surface area (Å²) in [6.45, 7) is 0. The third kappa shape index (κ3) is 3.00. The zero-order valence-corrected chi connectivity index (χ0v) is 12.6. The Morgan fingerprint density at radius 2 is 1.81 bits per heavy atom. The van der Waals surface area contributed by atoms with Gasteiger partial charge in [-0.15, -0.1) is 0 Å². The largest absolute Gasteiger partial charge is 0.324 e. The van der Waals surface area contributed by atoms with Crippen LogP contribution in [0.3, 0.4) is 0 Å². The number of nitrogens with zero attached hydrogens (tertiary/aromatic N) is 2. The quantitative estimate of drug-likeness (QED) is 0.788. The molecule has 0 bridgehead atoms. The van der Waals surface area contributed by atoms with Crippen molar-refractivity contribution in [3.05, 3.63) is 70.0 Å². The average Bonchev–Trinajstić information content (AvgIpc) is 2.50. The second-order valence-electron chi connectivity index (χ2n) is 4.83. The fourth-order valence-electron chi connectivity index (χ4n) is 2.34. The van der Waals surface area contributed by atoms with Crippen molar-refractivity contribution in [2.75, 3.05) is 0 Å². The van der Waals surface area contributed by atoms with E-state index in [4.69, 9.17) is 28.9 Å². The third-order valence-electron chi connectivity index (χ3n) is 3.37. The van der Waals surface area contributed by atoms with Crippen molar-refractivity contribution in [1.29, 1.82) is 0 Å². The molecular weight excluding hydrogens is 305 g/mol. The number of hydrogen-bond acceptors (Lipinski definition) is 3. The van der Waals surface area contributed by atoms with Crippen LogP contribution in [0.4, 0.5) is 0 Å². The molecule has 21 heavy (non-hydrogen) atoms. The van der Waals surface area contributed by atoms with E-state index in [0.29, 0.717) is 16.5 Å². The molecule has 2 aromatic carbocycles. The zero-order valence-electron chi connectivity index (χ0n) is 11.1. The van der Waals surface area contributed by atoms with Crippen molar-refractivity contribution < 1.29 is 0 Å². The van der Waals surface area contributed by atoms with Gasteiger partial charge in [0, 0.05) is 18.4 Å². The van der Waals surface area contributed by atoms with Gasteiger partial charge in [-0.25, -0.2) is 0 Å². The molecule has 0 saturated carbocycles. The Kier molecular flexibility index (Phi) is 4.06. The number of para-hydroxylation sites is 1.